The van der Waals surface area contributed by atoms with Crippen LogP contribution in [0.2, 0.25) is 0 Å². The molecule has 0 unspecified atom stereocenters. The Kier molecular flexibility index (Phi) is 3.01. The van der Waals surface area contributed by atoms with Crippen molar-refractivity contribution in [1.29, 1.82) is 0 Å². The molecule has 0 spiro atoms. The number of benzene rings is 1. The van der Waals surface area contributed by atoms with E-state index in [1.165, 1.54) is 21.3 Å². The molecule has 18 heavy (non-hydrogen) atoms. The number of fused-ring (bicyclic) bond motifs is 1. The van der Waals surface area contributed by atoms with Gasteiger partial charge in [0.2, 0.25) is 0 Å². The maximum absolute atomic E-state index is 11.5. The van der Waals surface area contributed by atoms with E-state index in [0.29, 0.717) is 28.1 Å². The highest BCUT2D eigenvalue weighted by Crippen LogP contribution is 2.35. The van der Waals surface area contributed by atoms with E-state index in [0.717, 1.165) is 0 Å². The van der Waals surface area contributed by atoms with E-state index in [2.05, 4.69) is 9.72 Å². The summed E-state index contributed by atoms with van der Waals surface area (Å²) in [6.07, 6.45) is 0. The molecule has 1 aromatic heterocycles. The predicted molar refractivity (Wildman–Crippen MR) is 67.2 cm³/mol. The fourth-order valence-electron chi connectivity index (χ4n) is 1.80. The van der Waals surface area contributed by atoms with E-state index >= 15 is 0 Å². The zero-order valence-corrected chi connectivity index (χ0v) is 10.4. The highest BCUT2D eigenvalue weighted by molar-refractivity contribution is 6.06. The molecule has 0 aliphatic heterocycles. The van der Waals surface area contributed by atoms with Crippen LogP contribution >= 0.6 is 0 Å². The summed E-state index contributed by atoms with van der Waals surface area (Å²) in [5.41, 5.74) is 7.14. The number of rotatable bonds is 3. The Hall–Kier alpha value is -2.37. The molecule has 0 aliphatic rings. The Morgan fingerprint density at radius 3 is 2.33 bits per heavy atom. The second-order valence-corrected chi connectivity index (χ2v) is 3.66. The summed E-state index contributed by atoms with van der Waals surface area (Å²) < 4.78 is 15.0. The van der Waals surface area contributed by atoms with Gasteiger partial charge in [-0.05, 0) is 6.07 Å². The van der Waals surface area contributed by atoms with Gasteiger partial charge in [-0.1, -0.05) is 0 Å². The monoisotopic (exact) mass is 250 g/mol. The normalized spacial score (nSPS) is 10.4. The molecule has 96 valence electrons. The largest absolute Gasteiger partial charge is 0.493 e. The molecule has 0 atom stereocenters. The molecule has 0 fully saturated rings. The molecule has 6 heteroatoms. The number of nitrogen functional groups attached to an aromatic ring is 1. The van der Waals surface area contributed by atoms with Crippen LogP contribution in [0, 0.1) is 0 Å². The Morgan fingerprint density at radius 2 is 1.78 bits per heavy atom. The molecule has 0 saturated heterocycles. The van der Waals surface area contributed by atoms with Crippen LogP contribution < -0.4 is 15.2 Å². The van der Waals surface area contributed by atoms with Gasteiger partial charge in [0.15, 0.2) is 11.5 Å². The first-order valence-electron chi connectivity index (χ1n) is 5.23. The van der Waals surface area contributed by atoms with E-state index in [1.54, 1.807) is 12.1 Å². The fraction of sp³-hybridized carbons (Fsp3) is 0.250. The van der Waals surface area contributed by atoms with Gasteiger partial charge in [0.25, 0.3) is 0 Å². The average Bonchev–Trinajstić information content (AvgIpc) is 2.73. The molecule has 3 N–H and O–H groups in total. The lowest BCUT2D eigenvalue weighted by molar-refractivity contribution is 0.0596. The second-order valence-electron chi connectivity index (χ2n) is 3.66. The van der Waals surface area contributed by atoms with Crippen LogP contribution in [0.4, 0.5) is 5.69 Å². The zero-order valence-electron chi connectivity index (χ0n) is 10.4. The smallest absolute Gasteiger partial charge is 0.356 e. The predicted octanol–water partition coefficient (Wildman–Crippen LogP) is 1.55. The van der Waals surface area contributed by atoms with Crippen molar-refractivity contribution in [2.45, 2.75) is 0 Å². The number of nitrogens with one attached hydrogen (secondary N) is 1. The van der Waals surface area contributed by atoms with Crippen molar-refractivity contribution >= 4 is 22.6 Å². The molecular weight excluding hydrogens is 236 g/mol. The Morgan fingerprint density at radius 1 is 1.17 bits per heavy atom. The lowest BCUT2D eigenvalue weighted by Crippen LogP contribution is -2.04. The average molecular weight is 250 g/mol. The Bertz CT molecular complexity index is 604. The number of carbonyl (C=O) groups is 1. The number of anilines is 1. The number of aromatic amines is 1. The molecular formula is C12H14N2O4. The summed E-state index contributed by atoms with van der Waals surface area (Å²) in [6.45, 7) is 0. The van der Waals surface area contributed by atoms with Crippen LogP contribution in [0.15, 0.2) is 12.1 Å². The summed E-state index contributed by atoms with van der Waals surface area (Å²) >= 11 is 0. The van der Waals surface area contributed by atoms with Crippen molar-refractivity contribution in [2.24, 2.45) is 0 Å². The summed E-state index contributed by atoms with van der Waals surface area (Å²) in [4.78, 5) is 14.4. The highest BCUT2D eigenvalue weighted by atomic mass is 16.5. The SMILES string of the molecule is COC(=O)c1[nH]c2cc(OC)c(OC)cc2c1N. The molecule has 2 rings (SSSR count). The number of ether oxygens (including phenoxy) is 3. The Balaban J connectivity index is 2.69. The van der Waals surface area contributed by atoms with Gasteiger partial charge < -0.3 is 24.9 Å². The zero-order chi connectivity index (χ0) is 13.3. The number of hydrogen-bond acceptors (Lipinski definition) is 5. The van der Waals surface area contributed by atoms with E-state index in [1.807, 2.05) is 0 Å². The van der Waals surface area contributed by atoms with Crippen molar-refractivity contribution in [2.75, 3.05) is 27.1 Å². The molecule has 0 radical (unpaired) electrons. The quantitative estimate of drug-likeness (QED) is 0.807. The van der Waals surface area contributed by atoms with E-state index in [4.69, 9.17) is 15.2 Å². The summed E-state index contributed by atoms with van der Waals surface area (Å²) in [5.74, 6) is 0.594. The molecule has 1 aromatic carbocycles. The topological polar surface area (TPSA) is 86.6 Å². The lowest BCUT2D eigenvalue weighted by atomic mass is 10.2. The first-order chi connectivity index (χ1) is 8.62. The molecule has 2 aromatic rings. The third kappa shape index (κ3) is 1.71. The Labute approximate surface area is 104 Å². The van der Waals surface area contributed by atoms with Crippen LogP contribution in [0.25, 0.3) is 10.9 Å². The van der Waals surface area contributed by atoms with Gasteiger partial charge in [-0.3, -0.25) is 0 Å². The van der Waals surface area contributed by atoms with Crippen molar-refractivity contribution in [3.05, 3.63) is 17.8 Å². The summed E-state index contributed by atoms with van der Waals surface area (Å²) in [7, 11) is 4.37. The lowest BCUT2D eigenvalue weighted by Gasteiger charge is -2.07. The van der Waals surface area contributed by atoms with Gasteiger partial charge in [0.1, 0.15) is 5.69 Å². The number of H-pyrrole nitrogens is 1. The van der Waals surface area contributed by atoms with Crippen LogP contribution in [0.3, 0.4) is 0 Å². The molecule has 1 heterocycles. The fourth-order valence-corrected chi connectivity index (χ4v) is 1.80. The van der Waals surface area contributed by atoms with Crippen LogP contribution in [-0.4, -0.2) is 32.3 Å². The molecule has 0 saturated carbocycles. The third-order valence-electron chi connectivity index (χ3n) is 2.73. The number of methoxy groups -OCH3 is 3. The van der Waals surface area contributed by atoms with E-state index in [9.17, 15) is 4.79 Å². The maximum atomic E-state index is 11.5. The van der Waals surface area contributed by atoms with Crippen molar-refractivity contribution < 1.29 is 19.0 Å². The van der Waals surface area contributed by atoms with Gasteiger partial charge >= 0.3 is 5.97 Å². The second kappa shape index (κ2) is 4.48. The van der Waals surface area contributed by atoms with Gasteiger partial charge in [-0.25, -0.2) is 4.79 Å². The number of aromatic nitrogens is 1. The maximum Gasteiger partial charge on any atom is 0.356 e. The van der Waals surface area contributed by atoms with Gasteiger partial charge in [0, 0.05) is 11.5 Å². The minimum Gasteiger partial charge on any atom is -0.493 e. The van der Waals surface area contributed by atoms with Gasteiger partial charge in [-0.15, -0.1) is 0 Å². The van der Waals surface area contributed by atoms with Crippen molar-refractivity contribution in [3.8, 4) is 11.5 Å². The van der Waals surface area contributed by atoms with Gasteiger partial charge in [0.05, 0.1) is 32.5 Å². The minimum atomic E-state index is -0.512. The van der Waals surface area contributed by atoms with Crippen molar-refractivity contribution in [3.63, 3.8) is 0 Å². The third-order valence-corrected chi connectivity index (χ3v) is 2.73. The molecule has 0 aliphatic carbocycles. The standard InChI is InChI=1S/C12H14N2O4/c1-16-8-4-6-7(5-9(8)17-2)14-11(10(6)13)12(15)18-3/h4-5,14H,13H2,1-3H3. The minimum absolute atomic E-state index is 0.225. The number of carbonyl (C=O) groups excluding carboxylic acids is 1. The van der Waals surface area contributed by atoms with Crippen molar-refractivity contribution in [1.82, 2.24) is 4.98 Å². The first kappa shape index (κ1) is 12.1. The number of nitrogens with two attached hydrogens (primary N) is 1. The molecule has 0 amide bonds. The highest BCUT2D eigenvalue weighted by Gasteiger charge is 2.18. The van der Waals surface area contributed by atoms with Crippen LogP contribution in [-0.2, 0) is 4.74 Å². The van der Waals surface area contributed by atoms with E-state index < -0.39 is 5.97 Å². The van der Waals surface area contributed by atoms with Gasteiger partial charge in [-0.2, -0.15) is 0 Å². The number of esters is 1. The first-order valence-corrected chi connectivity index (χ1v) is 5.23. The summed E-state index contributed by atoms with van der Waals surface area (Å²) in [5, 5.41) is 0.688. The number of hydrogen-bond donors (Lipinski definition) is 2. The van der Waals surface area contributed by atoms with E-state index in [-0.39, 0.29) is 5.69 Å². The molecule has 6 nitrogen and oxygen atoms in total. The molecule has 0 bridgehead atoms. The summed E-state index contributed by atoms with van der Waals surface area (Å²) in [6, 6.07) is 3.43. The van der Waals surface area contributed by atoms with Crippen LogP contribution in [0.5, 0.6) is 11.5 Å². The van der Waals surface area contributed by atoms with Crippen LogP contribution in [0.1, 0.15) is 10.5 Å².